The highest BCUT2D eigenvalue weighted by molar-refractivity contribution is 5.97. The van der Waals surface area contributed by atoms with Gasteiger partial charge in [-0.3, -0.25) is 9.38 Å². The van der Waals surface area contributed by atoms with Crippen LogP contribution in [-0.4, -0.2) is 24.5 Å². The zero-order chi connectivity index (χ0) is 21.5. The Morgan fingerprint density at radius 2 is 1.72 bits per heavy atom. The normalized spacial score (nSPS) is 11.4. The van der Waals surface area contributed by atoms with Gasteiger partial charge in [0.15, 0.2) is 5.65 Å². The molecule has 4 aromatic heterocycles. The van der Waals surface area contributed by atoms with Gasteiger partial charge in [-0.15, -0.1) is 0 Å². The van der Waals surface area contributed by atoms with Crippen LogP contribution in [0.25, 0.3) is 39.1 Å². The molecule has 0 bridgehead atoms. The summed E-state index contributed by atoms with van der Waals surface area (Å²) in [7, 11) is 0. The maximum absolute atomic E-state index is 11.1. The Kier molecular flexibility index (Phi) is 4.21. The van der Waals surface area contributed by atoms with Crippen molar-refractivity contribution in [1.29, 1.82) is 0 Å². The Hall–Kier alpha value is -4.45. The summed E-state index contributed by atoms with van der Waals surface area (Å²) in [6.07, 6.45) is 5.60. The molecule has 1 N–H and O–H groups in total. The number of rotatable bonds is 4. The Bertz CT molecular complexity index is 1550. The van der Waals surface area contributed by atoms with Gasteiger partial charge in [0.2, 0.25) is 5.88 Å². The SMILES string of the molecule is Oc1c(Cc2ccco2)nc2c(-c3ccnc4ccccc34)nc(-c3ccccc3)cn12. The van der Waals surface area contributed by atoms with E-state index in [1.807, 2.05) is 79.0 Å². The van der Waals surface area contributed by atoms with E-state index in [-0.39, 0.29) is 5.88 Å². The third kappa shape index (κ3) is 3.01. The van der Waals surface area contributed by atoms with Crippen LogP contribution in [0.2, 0.25) is 0 Å². The van der Waals surface area contributed by atoms with E-state index in [4.69, 9.17) is 14.4 Å². The van der Waals surface area contributed by atoms with E-state index in [2.05, 4.69) is 4.98 Å². The van der Waals surface area contributed by atoms with Gasteiger partial charge >= 0.3 is 0 Å². The van der Waals surface area contributed by atoms with E-state index in [0.29, 0.717) is 23.5 Å². The second-order valence-corrected chi connectivity index (χ2v) is 7.55. The Labute approximate surface area is 183 Å². The fraction of sp³-hybridized carbons (Fsp3) is 0.0385. The van der Waals surface area contributed by atoms with E-state index in [1.54, 1.807) is 16.9 Å². The third-order valence-corrected chi connectivity index (χ3v) is 5.55. The lowest BCUT2D eigenvalue weighted by Gasteiger charge is -2.10. The van der Waals surface area contributed by atoms with Crippen LogP contribution in [-0.2, 0) is 6.42 Å². The van der Waals surface area contributed by atoms with Crippen molar-refractivity contribution in [2.75, 3.05) is 0 Å². The van der Waals surface area contributed by atoms with Crippen molar-refractivity contribution >= 4 is 16.6 Å². The Morgan fingerprint density at radius 3 is 2.56 bits per heavy atom. The minimum absolute atomic E-state index is 0.0793. The van der Waals surface area contributed by atoms with E-state index < -0.39 is 0 Å². The molecular formula is C26H18N4O2. The number of benzene rings is 2. The van der Waals surface area contributed by atoms with Crippen molar-refractivity contribution in [2.45, 2.75) is 6.42 Å². The summed E-state index contributed by atoms with van der Waals surface area (Å²) in [6.45, 7) is 0. The molecule has 6 aromatic rings. The molecule has 0 saturated heterocycles. The van der Waals surface area contributed by atoms with Crippen LogP contribution in [0.5, 0.6) is 5.88 Å². The van der Waals surface area contributed by atoms with Gasteiger partial charge in [0.05, 0.1) is 23.9 Å². The van der Waals surface area contributed by atoms with Gasteiger partial charge in [-0.1, -0.05) is 48.5 Å². The smallest absolute Gasteiger partial charge is 0.219 e. The number of aromatic hydroxyl groups is 1. The summed E-state index contributed by atoms with van der Waals surface area (Å²) in [6, 6.07) is 23.5. The topological polar surface area (TPSA) is 76.5 Å². The number of pyridine rings is 1. The lowest BCUT2D eigenvalue weighted by Crippen LogP contribution is -1.97. The molecule has 6 nitrogen and oxygen atoms in total. The van der Waals surface area contributed by atoms with Gasteiger partial charge in [0, 0.05) is 28.9 Å². The molecule has 0 amide bonds. The second-order valence-electron chi connectivity index (χ2n) is 7.55. The van der Waals surface area contributed by atoms with Crippen molar-refractivity contribution in [2.24, 2.45) is 0 Å². The highest BCUT2D eigenvalue weighted by Gasteiger charge is 2.20. The number of furan rings is 1. The summed E-state index contributed by atoms with van der Waals surface area (Å²) in [4.78, 5) is 14.3. The predicted molar refractivity (Wildman–Crippen MR) is 122 cm³/mol. The average molecular weight is 418 g/mol. The van der Waals surface area contributed by atoms with Crippen molar-refractivity contribution in [1.82, 2.24) is 19.4 Å². The molecule has 6 heteroatoms. The minimum atomic E-state index is 0.0793. The Morgan fingerprint density at radius 1 is 0.875 bits per heavy atom. The molecule has 0 unspecified atom stereocenters. The summed E-state index contributed by atoms with van der Waals surface area (Å²) in [5.74, 6) is 0.812. The zero-order valence-electron chi connectivity index (χ0n) is 17.0. The highest BCUT2D eigenvalue weighted by atomic mass is 16.3. The van der Waals surface area contributed by atoms with Crippen LogP contribution in [0.3, 0.4) is 0 Å². The summed E-state index contributed by atoms with van der Waals surface area (Å²) in [5, 5.41) is 12.0. The molecular weight excluding hydrogens is 400 g/mol. The van der Waals surface area contributed by atoms with E-state index in [1.165, 1.54) is 0 Å². The molecule has 0 aliphatic heterocycles. The first-order valence-electron chi connectivity index (χ1n) is 10.3. The van der Waals surface area contributed by atoms with Gasteiger partial charge in [-0.25, -0.2) is 9.97 Å². The number of aromatic nitrogens is 4. The van der Waals surface area contributed by atoms with Gasteiger partial charge in [-0.05, 0) is 24.3 Å². The molecule has 0 aliphatic rings. The first-order valence-corrected chi connectivity index (χ1v) is 10.3. The molecule has 32 heavy (non-hydrogen) atoms. The lowest BCUT2D eigenvalue weighted by molar-refractivity contribution is 0.438. The van der Waals surface area contributed by atoms with Crippen LogP contribution in [0.4, 0.5) is 0 Å². The van der Waals surface area contributed by atoms with Gasteiger partial charge in [-0.2, -0.15) is 0 Å². The number of imidazole rings is 1. The molecule has 0 saturated carbocycles. The van der Waals surface area contributed by atoms with Crippen molar-refractivity contribution < 1.29 is 9.52 Å². The maximum atomic E-state index is 11.1. The summed E-state index contributed by atoms with van der Waals surface area (Å²) < 4.78 is 7.18. The second kappa shape index (κ2) is 7.35. The maximum Gasteiger partial charge on any atom is 0.219 e. The number of para-hydroxylation sites is 1. The Balaban J connectivity index is 1.65. The molecule has 0 spiro atoms. The fourth-order valence-corrected chi connectivity index (χ4v) is 4.01. The van der Waals surface area contributed by atoms with E-state index >= 15 is 0 Å². The van der Waals surface area contributed by atoms with Crippen LogP contribution in [0.1, 0.15) is 11.5 Å². The first-order chi connectivity index (χ1) is 15.8. The first kappa shape index (κ1) is 18.3. The number of hydrogen-bond acceptors (Lipinski definition) is 5. The molecule has 4 heterocycles. The molecule has 2 aromatic carbocycles. The zero-order valence-corrected chi connectivity index (χ0v) is 17.0. The van der Waals surface area contributed by atoms with Crippen molar-refractivity contribution in [3.05, 3.63) is 103 Å². The molecule has 154 valence electrons. The molecule has 6 rings (SSSR count). The third-order valence-electron chi connectivity index (χ3n) is 5.55. The van der Waals surface area contributed by atoms with Gasteiger partial charge in [0.25, 0.3) is 0 Å². The standard InChI is InChI=1S/C26H18N4O2/c31-26-22(15-18-9-6-14-32-18)29-25-24(20-12-13-27-21-11-5-4-10-19(20)21)28-23(16-30(25)26)17-7-2-1-3-8-17/h1-14,16,31H,15H2. The average Bonchev–Trinajstić information content (AvgIpc) is 3.47. The fourth-order valence-electron chi connectivity index (χ4n) is 4.01. The van der Waals surface area contributed by atoms with Crippen LogP contribution in [0, 0.1) is 0 Å². The molecule has 0 fully saturated rings. The minimum Gasteiger partial charge on any atom is -0.493 e. The largest absolute Gasteiger partial charge is 0.493 e. The monoisotopic (exact) mass is 418 g/mol. The lowest BCUT2D eigenvalue weighted by atomic mass is 10.1. The van der Waals surface area contributed by atoms with Crippen LogP contribution < -0.4 is 0 Å². The number of fused-ring (bicyclic) bond motifs is 2. The number of hydrogen-bond donors (Lipinski definition) is 1. The van der Waals surface area contributed by atoms with Crippen LogP contribution >= 0.6 is 0 Å². The molecule has 0 radical (unpaired) electrons. The highest BCUT2D eigenvalue weighted by Crippen LogP contribution is 2.34. The van der Waals surface area contributed by atoms with Gasteiger partial charge in [0.1, 0.15) is 17.1 Å². The summed E-state index contributed by atoms with van der Waals surface area (Å²) >= 11 is 0. The molecule has 0 aliphatic carbocycles. The van der Waals surface area contributed by atoms with Crippen molar-refractivity contribution in [3.8, 4) is 28.4 Å². The summed E-state index contributed by atoms with van der Waals surface area (Å²) in [5.41, 5.74) is 5.29. The van der Waals surface area contributed by atoms with E-state index in [0.717, 1.165) is 33.5 Å². The van der Waals surface area contributed by atoms with Gasteiger partial charge < -0.3 is 9.52 Å². The van der Waals surface area contributed by atoms with Crippen molar-refractivity contribution in [3.63, 3.8) is 0 Å². The molecule has 0 atom stereocenters. The number of nitrogens with zero attached hydrogens (tertiary/aromatic N) is 4. The predicted octanol–water partition coefficient (Wildman–Crippen LogP) is 5.50. The van der Waals surface area contributed by atoms with Crippen LogP contribution in [0.15, 0.2) is 95.9 Å². The van der Waals surface area contributed by atoms with E-state index in [9.17, 15) is 5.11 Å². The quantitative estimate of drug-likeness (QED) is 0.409.